The number of pyridine rings is 1. The number of carbonyl (C=O) groups excluding carboxylic acids is 1. The summed E-state index contributed by atoms with van der Waals surface area (Å²) in [7, 11) is 0. The van der Waals surface area contributed by atoms with Crippen molar-refractivity contribution in [2.45, 2.75) is 13.8 Å². The van der Waals surface area contributed by atoms with Crippen LogP contribution in [0.15, 0.2) is 12.1 Å². The van der Waals surface area contributed by atoms with E-state index < -0.39 is 5.97 Å². The molecular weight excluding hydrogens is 237 g/mol. The van der Waals surface area contributed by atoms with Crippen LogP contribution in [0.2, 0.25) is 10.2 Å². The van der Waals surface area contributed by atoms with E-state index in [4.69, 9.17) is 27.9 Å². The molecule has 1 rings (SSSR count). The lowest BCUT2D eigenvalue weighted by Crippen LogP contribution is -2.12. The average molecular weight is 248 g/mol. The molecule has 0 radical (unpaired) electrons. The zero-order valence-corrected chi connectivity index (χ0v) is 9.97. The molecule has 0 amide bonds. The Morgan fingerprint density at radius 2 is 2.13 bits per heavy atom. The highest BCUT2D eigenvalue weighted by Crippen LogP contribution is 2.17. The fraction of sp³-hybridized carbons (Fsp3) is 0.400. The van der Waals surface area contributed by atoms with E-state index in [-0.39, 0.29) is 21.8 Å². The van der Waals surface area contributed by atoms with Gasteiger partial charge in [-0.2, -0.15) is 0 Å². The Morgan fingerprint density at radius 1 is 1.47 bits per heavy atom. The Morgan fingerprint density at radius 3 is 2.73 bits per heavy atom. The van der Waals surface area contributed by atoms with Crippen molar-refractivity contribution in [1.29, 1.82) is 0 Å². The number of nitrogens with zero attached hydrogens (tertiary/aromatic N) is 1. The van der Waals surface area contributed by atoms with Gasteiger partial charge in [-0.1, -0.05) is 37.0 Å². The molecule has 0 N–H and O–H groups in total. The Hall–Kier alpha value is -0.800. The molecule has 0 aliphatic rings. The van der Waals surface area contributed by atoms with E-state index >= 15 is 0 Å². The summed E-state index contributed by atoms with van der Waals surface area (Å²) in [6.07, 6.45) is 0. The molecule has 0 unspecified atom stereocenters. The molecule has 1 aromatic heterocycles. The Bertz CT molecular complexity index is 366. The standard InChI is InChI=1S/C10H11Cl2NO2/c1-6(2)5-15-10(14)9-7(11)3-4-8(12)13-9/h3-4,6H,5H2,1-2H3. The van der Waals surface area contributed by atoms with Gasteiger partial charge in [0.2, 0.25) is 0 Å². The largest absolute Gasteiger partial charge is 0.461 e. The van der Waals surface area contributed by atoms with Gasteiger partial charge in [0.15, 0.2) is 5.69 Å². The van der Waals surface area contributed by atoms with Crippen LogP contribution in [-0.4, -0.2) is 17.6 Å². The summed E-state index contributed by atoms with van der Waals surface area (Å²) in [5.41, 5.74) is 0.0600. The second kappa shape index (κ2) is 5.33. The van der Waals surface area contributed by atoms with E-state index in [0.717, 1.165) is 0 Å². The number of aromatic nitrogens is 1. The Kier molecular flexibility index (Phi) is 4.36. The SMILES string of the molecule is CC(C)COC(=O)c1nc(Cl)ccc1Cl. The minimum absolute atomic E-state index is 0.0600. The normalized spacial score (nSPS) is 10.5. The molecule has 3 nitrogen and oxygen atoms in total. The lowest BCUT2D eigenvalue weighted by molar-refractivity contribution is 0.0452. The summed E-state index contributed by atoms with van der Waals surface area (Å²) < 4.78 is 4.98. The summed E-state index contributed by atoms with van der Waals surface area (Å²) in [5.74, 6) is -0.275. The molecule has 15 heavy (non-hydrogen) atoms. The van der Waals surface area contributed by atoms with E-state index in [0.29, 0.717) is 6.61 Å². The van der Waals surface area contributed by atoms with Crippen LogP contribution in [0.25, 0.3) is 0 Å². The molecule has 5 heteroatoms. The van der Waals surface area contributed by atoms with Crippen molar-refractivity contribution in [3.8, 4) is 0 Å². The summed E-state index contributed by atoms with van der Waals surface area (Å²) in [4.78, 5) is 15.3. The van der Waals surface area contributed by atoms with E-state index in [1.165, 1.54) is 12.1 Å². The molecule has 82 valence electrons. The smallest absolute Gasteiger partial charge is 0.358 e. The number of halogens is 2. The van der Waals surface area contributed by atoms with Crippen LogP contribution in [0.4, 0.5) is 0 Å². The summed E-state index contributed by atoms with van der Waals surface area (Å²) >= 11 is 11.4. The molecule has 0 spiro atoms. The topological polar surface area (TPSA) is 39.2 Å². The summed E-state index contributed by atoms with van der Waals surface area (Å²) in [6, 6.07) is 3.03. The van der Waals surface area contributed by atoms with E-state index in [1.807, 2.05) is 13.8 Å². The first-order valence-electron chi connectivity index (χ1n) is 4.50. The predicted octanol–water partition coefficient (Wildman–Crippen LogP) is 3.20. The van der Waals surface area contributed by atoms with Gasteiger partial charge >= 0.3 is 5.97 Å². The number of hydrogen-bond donors (Lipinski definition) is 0. The molecule has 0 aliphatic carbocycles. The third-order valence-corrected chi connectivity index (χ3v) is 2.07. The van der Waals surface area contributed by atoms with Gasteiger partial charge in [-0.05, 0) is 18.1 Å². The number of carbonyl (C=O) groups is 1. The lowest BCUT2D eigenvalue weighted by Gasteiger charge is -2.07. The van der Waals surface area contributed by atoms with E-state index in [2.05, 4.69) is 4.98 Å². The third kappa shape index (κ3) is 3.68. The van der Waals surface area contributed by atoms with Gasteiger partial charge in [0, 0.05) is 0 Å². The van der Waals surface area contributed by atoms with Gasteiger partial charge in [-0.15, -0.1) is 0 Å². The zero-order valence-electron chi connectivity index (χ0n) is 8.46. The molecule has 0 aliphatic heterocycles. The highest BCUT2D eigenvalue weighted by atomic mass is 35.5. The number of rotatable bonds is 3. The van der Waals surface area contributed by atoms with Crippen LogP contribution in [-0.2, 0) is 4.74 Å². The van der Waals surface area contributed by atoms with Gasteiger partial charge in [-0.3, -0.25) is 0 Å². The van der Waals surface area contributed by atoms with Crippen molar-refractivity contribution in [3.63, 3.8) is 0 Å². The second-order valence-corrected chi connectivity index (χ2v) is 4.25. The van der Waals surface area contributed by atoms with Crippen LogP contribution in [0.5, 0.6) is 0 Å². The predicted molar refractivity (Wildman–Crippen MR) is 59.4 cm³/mol. The molecule has 1 aromatic rings. The number of esters is 1. The van der Waals surface area contributed by atoms with Crippen LogP contribution in [0.3, 0.4) is 0 Å². The third-order valence-electron chi connectivity index (χ3n) is 1.55. The van der Waals surface area contributed by atoms with Crippen molar-refractivity contribution in [1.82, 2.24) is 4.98 Å². The van der Waals surface area contributed by atoms with Crippen LogP contribution >= 0.6 is 23.2 Å². The van der Waals surface area contributed by atoms with Gasteiger partial charge in [-0.25, -0.2) is 9.78 Å². The zero-order chi connectivity index (χ0) is 11.4. The summed E-state index contributed by atoms with van der Waals surface area (Å²) in [6.45, 7) is 4.23. The van der Waals surface area contributed by atoms with Gasteiger partial charge < -0.3 is 4.74 Å². The van der Waals surface area contributed by atoms with Crippen LogP contribution in [0.1, 0.15) is 24.3 Å². The molecule has 0 atom stereocenters. The minimum Gasteiger partial charge on any atom is -0.461 e. The number of ether oxygens (including phenoxy) is 1. The molecular formula is C10H11Cl2NO2. The molecule has 0 saturated carbocycles. The fourth-order valence-electron chi connectivity index (χ4n) is 0.872. The summed E-state index contributed by atoms with van der Waals surface area (Å²) in [5, 5.41) is 0.462. The van der Waals surface area contributed by atoms with Crippen molar-refractivity contribution < 1.29 is 9.53 Å². The lowest BCUT2D eigenvalue weighted by atomic mass is 10.2. The van der Waals surface area contributed by atoms with Crippen molar-refractivity contribution >= 4 is 29.2 Å². The van der Waals surface area contributed by atoms with E-state index in [1.54, 1.807) is 0 Å². The first kappa shape index (κ1) is 12.3. The highest BCUT2D eigenvalue weighted by Gasteiger charge is 2.14. The molecule has 0 aromatic carbocycles. The number of hydrogen-bond acceptors (Lipinski definition) is 3. The van der Waals surface area contributed by atoms with Crippen molar-refractivity contribution in [2.75, 3.05) is 6.61 Å². The molecule has 0 bridgehead atoms. The van der Waals surface area contributed by atoms with Crippen LogP contribution in [0, 0.1) is 5.92 Å². The van der Waals surface area contributed by atoms with Crippen molar-refractivity contribution in [3.05, 3.63) is 28.0 Å². The highest BCUT2D eigenvalue weighted by molar-refractivity contribution is 6.34. The maximum absolute atomic E-state index is 11.5. The fourth-order valence-corrected chi connectivity index (χ4v) is 1.20. The molecule has 0 saturated heterocycles. The Balaban J connectivity index is 2.77. The van der Waals surface area contributed by atoms with Gasteiger partial charge in [0.1, 0.15) is 5.15 Å². The Labute approximate surface area is 98.4 Å². The average Bonchev–Trinajstić information content (AvgIpc) is 2.18. The first-order chi connectivity index (χ1) is 7.00. The van der Waals surface area contributed by atoms with Gasteiger partial charge in [0.05, 0.1) is 11.6 Å². The minimum atomic E-state index is -0.545. The first-order valence-corrected chi connectivity index (χ1v) is 5.25. The van der Waals surface area contributed by atoms with Gasteiger partial charge in [0.25, 0.3) is 0 Å². The second-order valence-electron chi connectivity index (χ2n) is 3.46. The monoisotopic (exact) mass is 247 g/mol. The van der Waals surface area contributed by atoms with Crippen LogP contribution < -0.4 is 0 Å². The van der Waals surface area contributed by atoms with E-state index in [9.17, 15) is 4.79 Å². The quantitative estimate of drug-likeness (QED) is 0.609. The molecule has 1 heterocycles. The van der Waals surface area contributed by atoms with Crippen molar-refractivity contribution in [2.24, 2.45) is 5.92 Å². The molecule has 0 fully saturated rings. The maximum Gasteiger partial charge on any atom is 0.358 e. The maximum atomic E-state index is 11.5.